The molecule has 0 fully saturated rings. The van der Waals surface area contributed by atoms with Gasteiger partial charge in [0.25, 0.3) is 0 Å². The molecule has 0 aliphatic rings. The number of halogens is 1. The number of nitriles is 1. The second-order valence-corrected chi connectivity index (χ2v) is 3.65. The lowest BCUT2D eigenvalue weighted by molar-refractivity contribution is 0.0595. The minimum Gasteiger partial charge on any atom is -0.464 e. The molecule has 1 rings (SSSR count). The predicted molar refractivity (Wildman–Crippen MR) is 52.4 cm³/mol. The van der Waals surface area contributed by atoms with E-state index in [1.165, 1.54) is 7.11 Å². The van der Waals surface area contributed by atoms with Crippen LogP contribution in [0.4, 0.5) is 0 Å². The molecule has 4 nitrogen and oxygen atoms in total. The van der Waals surface area contributed by atoms with E-state index in [1.54, 1.807) is 0 Å². The fourth-order valence-corrected chi connectivity index (χ4v) is 1.97. The van der Waals surface area contributed by atoms with Crippen molar-refractivity contribution in [2.75, 3.05) is 7.11 Å². The number of aromatic nitrogens is 1. The maximum atomic E-state index is 11.1. The SMILES string of the molecule is COC(=O)c1nsc(CCC#N)c1Cl. The molecule has 0 bridgehead atoms. The average molecular weight is 231 g/mol. The Morgan fingerprint density at radius 2 is 2.50 bits per heavy atom. The minimum absolute atomic E-state index is 0.132. The van der Waals surface area contributed by atoms with Gasteiger partial charge in [-0.15, -0.1) is 0 Å². The van der Waals surface area contributed by atoms with Crippen LogP contribution >= 0.6 is 23.1 Å². The van der Waals surface area contributed by atoms with E-state index in [9.17, 15) is 4.79 Å². The molecule has 0 aromatic carbocycles. The quantitative estimate of drug-likeness (QED) is 0.746. The second-order valence-electron chi connectivity index (χ2n) is 2.42. The Hall–Kier alpha value is -1.12. The van der Waals surface area contributed by atoms with Gasteiger partial charge in [-0.25, -0.2) is 4.79 Å². The van der Waals surface area contributed by atoms with Gasteiger partial charge in [-0.1, -0.05) is 11.6 Å². The van der Waals surface area contributed by atoms with E-state index < -0.39 is 5.97 Å². The lowest BCUT2D eigenvalue weighted by Crippen LogP contribution is -2.01. The Bertz CT molecular complexity index is 383. The van der Waals surface area contributed by atoms with Gasteiger partial charge in [0.1, 0.15) is 0 Å². The molecule has 1 aromatic heterocycles. The summed E-state index contributed by atoms with van der Waals surface area (Å²) in [5.74, 6) is -0.547. The van der Waals surface area contributed by atoms with Crippen molar-refractivity contribution in [2.45, 2.75) is 12.8 Å². The molecule has 0 N–H and O–H groups in total. The first kappa shape index (κ1) is 11.0. The molecule has 0 aliphatic carbocycles. The van der Waals surface area contributed by atoms with Crippen molar-refractivity contribution in [3.8, 4) is 6.07 Å². The summed E-state index contributed by atoms with van der Waals surface area (Å²) in [6.45, 7) is 0. The van der Waals surface area contributed by atoms with Crippen molar-refractivity contribution in [1.82, 2.24) is 4.37 Å². The Morgan fingerprint density at radius 1 is 1.79 bits per heavy atom. The molecule has 6 heteroatoms. The smallest absolute Gasteiger partial charge is 0.359 e. The molecule has 0 aliphatic heterocycles. The van der Waals surface area contributed by atoms with Crippen molar-refractivity contribution < 1.29 is 9.53 Å². The van der Waals surface area contributed by atoms with Crippen LogP contribution in [0.1, 0.15) is 21.8 Å². The van der Waals surface area contributed by atoms with Gasteiger partial charge in [-0.05, 0) is 18.0 Å². The fourth-order valence-electron chi connectivity index (χ4n) is 0.861. The van der Waals surface area contributed by atoms with Gasteiger partial charge >= 0.3 is 5.97 Å². The van der Waals surface area contributed by atoms with Gasteiger partial charge in [0.2, 0.25) is 0 Å². The van der Waals surface area contributed by atoms with Gasteiger partial charge in [0.15, 0.2) is 5.69 Å². The highest BCUT2D eigenvalue weighted by Gasteiger charge is 2.18. The van der Waals surface area contributed by atoms with Gasteiger partial charge in [-0.2, -0.15) is 9.64 Å². The van der Waals surface area contributed by atoms with E-state index in [2.05, 4.69) is 9.11 Å². The van der Waals surface area contributed by atoms with Crippen LogP contribution in [0.15, 0.2) is 0 Å². The molecule has 0 atom stereocenters. The van der Waals surface area contributed by atoms with Crippen LogP contribution in [0.2, 0.25) is 5.02 Å². The zero-order valence-electron chi connectivity index (χ0n) is 7.41. The summed E-state index contributed by atoms with van der Waals surface area (Å²) >= 11 is 7.00. The predicted octanol–water partition coefficient (Wildman–Crippen LogP) is 2.04. The lowest BCUT2D eigenvalue weighted by atomic mass is 10.2. The molecule has 0 saturated carbocycles. The fraction of sp³-hybridized carbons (Fsp3) is 0.375. The normalized spacial score (nSPS) is 9.50. The van der Waals surface area contributed by atoms with Crippen LogP contribution in [0.25, 0.3) is 0 Å². The molecule has 74 valence electrons. The number of esters is 1. The summed E-state index contributed by atoms with van der Waals surface area (Å²) in [4.78, 5) is 11.8. The molecule has 0 spiro atoms. The zero-order valence-corrected chi connectivity index (χ0v) is 8.98. The zero-order chi connectivity index (χ0) is 10.6. The number of rotatable bonds is 3. The third kappa shape index (κ3) is 2.22. The summed E-state index contributed by atoms with van der Waals surface area (Å²) in [6, 6.07) is 2.00. The van der Waals surface area contributed by atoms with Gasteiger partial charge in [0.05, 0.1) is 18.2 Å². The number of aryl methyl sites for hydroxylation is 1. The Kier molecular flexibility index (Phi) is 3.86. The maximum absolute atomic E-state index is 11.1. The molecular weight excluding hydrogens is 224 g/mol. The van der Waals surface area contributed by atoms with E-state index in [1.807, 2.05) is 6.07 Å². The first-order chi connectivity index (χ1) is 6.70. The molecular formula is C8H7ClN2O2S. The molecule has 1 aromatic rings. The number of nitrogens with zero attached hydrogens (tertiary/aromatic N) is 2. The van der Waals surface area contributed by atoms with Crippen LogP contribution in [0.3, 0.4) is 0 Å². The highest BCUT2D eigenvalue weighted by Crippen LogP contribution is 2.26. The van der Waals surface area contributed by atoms with Crippen molar-refractivity contribution in [2.24, 2.45) is 0 Å². The minimum atomic E-state index is -0.547. The van der Waals surface area contributed by atoms with E-state index >= 15 is 0 Å². The molecule has 0 unspecified atom stereocenters. The Labute approximate surface area is 90.2 Å². The van der Waals surface area contributed by atoms with E-state index in [-0.39, 0.29) is 5.69 Å². The summed E-state index contributed by atoms with van der Waals surface area (Å²) in [7, 11) is 1.27. The largest absolute Gasteiger partial charge is 0.464 e. The number of methoxy groups -OCH3 is 1. The summed E-state index contributed by atoms with van der Waals surface area (Å²) in [6.07, 6.45) is 0.881. The van der Waals surface area contributed by atoms with Gasteiger partial charge in [-0.3, -0.25) is 0 Å². The monoisotopic (exact) mass is 230 g/mol. The van der Waals surface area contributed by atoms with E-state index in [4.69, 9.17) is 16.9 Å². The van der Waals surface area contributed by atoms with Crippen molar-refractivity contribution in [1.29, 1.82) is 5.26 Å². The average Bonchev–Trinajstić information content (AvgIpc) is 2.56. The Morgan fingerprint density at radius 3 is 3.07 bits per heavy atom. The molecule has 14 heavy (non-hydrogen) atoms. The van der Waals surface area contributed by atoms with Crippen LogP contribution in [-0.4, -0.2) is 17.5 Å². The molecule has 1 heterocycles. The number of hydrogen-bond acceptors (Lipinski definition) is 5. The summed E-state index contributed by atoms with van der Waals surface area (Å²) < 4.78 is 8.36. The third-order valence-electron chi connectivity index (χ3n) is 1.54. The third-order valence-corrected chi connectivity index (χ3v) is 2.96. The van der Waals surface area contributed by atoms with Crippen LogP contribution in [0.5, 0.6) is 0 Å². The summed E-state index contributed by atoms with van der Waals surface area (Å²) in [5, 5.41) is 8.68. The van der Waals surface area contributed by atoms with Crippen LogP contribution in [0, 0.1) is 11.3 Å². The molecule has 0 amide bonds. The molecule has 0 saturated heterocycles. The number of carbonyl (C=O) groups is 1. The van der Waals surface area contributed by atoms with Gasteiger partial charge in [0, 0.05) is 11.3 Å². The summed E-state index contributed by atoms with van der Waals surface area (Å²) in [5.41, 5.74) is 0.132. The highest BCUT2D eigenvalue weighted by atomic mass is 35.5. The highest BCUT2D eigenvalue weighted by molar-refractivity contribution is 7.06. The van der Waals surface area contributed by atoms with Crippen molar-refractivity contribution in [3.05, 3.63) is 15.6 Å². The van der Waals surface area contributed by atoms with Crippen LogP contribution in [-0.2, 0) is 11.2 Å². The maximum Gasteiger partial charge on any atom is 0.359 e. The van der Waals surface area contributed by atoms with Crippen molar-refractivity contribution >= 4 is 29.1 Å². The van der Waals surface area contributed by atoms with E-state index in [0.717, 1.165) is 16.4 Å². The topological polar surface area (TPSA) is 63.0 Å². The molecule has 0 radical (unpaired) electrons. The first-order valence-electron chi connectivity index (χ1n) is 3.80. The first-order valence-corrected chi connectivity index (χ1v) is 4.95. The number of carbonyl (C=O) groups excluding carboxylic acids is 1. The lowest BCUT2D eigenvalue weighted by Gasteiger charge is -1.94. The van der Waals surface area contributed by atoms with Crippen molar-refractivity contribution in [3.63, 3.8) is 0 Å². The van der Waals surface area contributed by atoms with E-state index in [0.29, 0.717) is 17.9 Å². The second kappa shape index (κ2) is 4.94. The number of hydrogen-bond donors (Lipinski definition) is 0. The van der Waals surface area contributed by atoms with Crippen LogP contribution < -0.4 is 0 Å². The standard InChI is InChI=1S/C8H7ClN2O2S/c1-13-8(12)7-6(9)5(14-11-7)3-2-4-10/h2-3H2,1H3. The Balaban J connectivity index is 2.86. The van der Waals surface area contributed by atoms with Gasteiger partial charge < -0.3 is 4.74 Å². The number of ether oxygens (including phenoxy) is 1.